The van der Waals surface area contributed by atoms with Crippen LogP contribution in [0.3, 0.4) is 0 Å². The average Bonchev–Trinajstić information content (AvgIpc) is 2.93. The van der Waals surface area contributed by atoms with Crippen molar-refractivity contribution in [2.24, 2.45) is 0 Å². The fourth-order valence-corrected chi connectivity index (χ4v) is 3.97. The van der Waals surface area contributed by atoms with Crippen molar-refractivity contribution in [2.45, 2.75) is 37.8 Å². The van der Waals surface area contributed by atoms with Crippen LogP contribution in [0.2, 0.25) is 0 Å². The second kappa shape index (κ2) is 6.92. The van der Waals surface area contributed by atoms with Crippen LogP contribution in [-0.2, 0) is 11.2 Å². The lowest BCUT2D eigenvalue weighted by Crippen LogP contribution is -2.30. The lowest BCUT2D eigenvalue weighted by Gasteiger charge is -2.23. The van der Waals surface area contributed by atoms with E-state index >= 15 is 0 Å². The zero-order valence-corrected chi connectivity index (χ0v) is 14.6. The predicted octanol–water partition coefficient (Wildman–Crippen LogP) is 4.02. The molecule has 1 amide bonds. The molecule has 0 aromatic heterocycles. The lowest BCUT2D eigenvalue weighted by molar-refractivity contribution is -0.112. The van der Waals surface area contributed by atoms with Crippen LogP contribution in [0, 0.1) is 0 Å². The molecule has 5 heteroatoms. The minimum Gasteiger partial charge on any atom is -0.485 e. The first kappa shape index (κ1) is 16.2. The second-order valence-corrected chi connectivity index (χ2v) is 7.44. The maximum absolute atomic E-state index is 11.7. The van der Waals surface area contributed by atoms with Crippen LogP contribution in [0.1, 0.15) is 30.4 Å². The van der Waals surface area contributed by atoms with Gasteiger partial charge in [-0.05, 0) is 42.2 Å². The summed E-state index contributed by atoms with van der Waals surface area (Å²) < 4.78 is 6.10. The topological polar surface area (TPSA) is 55.4 Å². The smallest absolute Gasteiger partial charge is 0.287 e. The van der Waals surface area contributed by atoms with E-state index in [-0.39, 0.29) is 16.5 Å². The summed E-state index contributed by atoms with van der Waals surface area (Å²) in [7, 11) is 0. The third kappa shape index (κ3) is 3.71. The lowest BCUT2D eigenvalue weighted by atomic mass is 9.98. The predicted molar refractivity (Wildman–Crippen MR) is 99.6 cm³/mol. The molecule has 1 fully saturated rings. The first-order valence-corrected chi connectivity index (χ1v) is 9.34. The highest BCUT2D eigenvalue weighted by Gasteiger charge is 2.31. The zero-order valence-electron chi connectivity index (χ0n) is 13.7. The molecule has 0 spiro atoms. The number of hydrogen-bond donors (Lipinski definition) is 1. The van der Waals surface area contributed by atoms with E-state index in [1.807, 2.05) is 18.2 Å². The van der Waals surface area contributed by atoms with Crippen LogP contribution < -0.4 is 10.1 Å². The molecule has 1 saturated heterocycles. The van der Waals surface area contributed by atoms with Crippen molar-refractivity contribution in [3.63, 3.8) is 0 Å². The minimum absolute atomic E-state index is 0.0550. The fraction of sp³-hybridized carbons (Fsp3) is 0.300. The Morgan fingerprint density at radius 2 is 2.08 bits per heavy atom. The molecule has 25 heavy (non-hydrogen) atoms. The van der Waals surface area contributed by atoms with Gasteiger partial charge in [0.1, 0.15) is 17.9 Å². The normalized spacial score (nSPS) is 24.6. The summed E-state index contributed by atoms with van der Waals surface area (Å²) in [5, 5.41) is 2.33. The number of amides is 1. The summed E-state index contributed by atoms with van der Waals surface area (Å²) >= 11 is 0.755. The molecule has 0 bridgehead atoms. The number of ether oxygens (including phenoxy) is 1. The Morgan fingerprint density at radius 3 is 2.84 bits per heavy atom. The van der Waals surface area contributed by atoms with Crippen LogP contribution in [-0.4, -0.2) is 22.5 Å². The molecule has 4 rings (SSSR count). The molecular formula is C20H19NO3S. The Hall–Kier alpha value is -2.27. The standard InChI is InChI=1S/C20H19NO3S/c22-19-17(21-20(23)25-19)12-14-6-9-18-15(10-14)7-8-16(24-18)11-13-4-2-1-3-5-13/h2,4-10,16-17H,1,3,11-12H2,(H,21,23). The van der Waals surface area contributed by atoms with Crippen molar-refractivity contribution in [3.05, 3.63) is 59.2 Å². The molecule has 2 atom stereocenters. The van der Waals surface area contributed by atoms with E-state index in [9.17, 15) is 9.59 Å². The van der Waals surface area contributed by atoms with Crippen LogP contribution in [0.15, 0.2) is 48.1 Å². The van der Waals surface area contributed by atoms with E-state index in [0.717, 1.165) is 47.9 Å². The fourth-order valence-electron chi connectivity index (χ4n) is 3.30. The van der Waals surface area contributed by atoms with Crippen molar-refractivity contribution in [1.29, 1.82) is 0 Å². The van der Waals surface area contributed by atoms with Gasteiger partial charge in [0, 0.05) is 30.2 Å². The highest BCUT2D eigenvalue weighted by atomic mass is 32.2. The van der Waals surface area contributed by atoms with Gasteiger partial charge in [-0.2, -0.15) is 0 Å². The van der Waals surface area contributed by atoms with Crippen LogP contribution >= 0.6 is 11.8 Å². The molecule has 1 aliphatic carbocycles. The monoisotopic (exact) mass is 353 g/mol. The molecule has 2 heterocycles. The van der Waals surface area contributed by atoms with E-state index in [2.05, 4.69) is 35.7 Å². The molecule has 128 valence electrons. The number of allylic oxidation sites excluding steroid dienone is 3. The molecule has 2 aliphatic heterocycles. The average molecular weight is 353 g/mol. The molecule has 3 aliphatic rings. The summed E-state index contributed by atoms with van der Waals surface area (Å²) in [4.78, 5) is 23.0. The Bertz CT molecular complexity index is 809. The first-order valence-electron chi connectivity index (χ1n) is 8.53. The molecular weight excluding hydrogens is 334 g/mol. The summed E-state index contributed by atoms with van der Waals surface area (Å²) in [6, 6.07) is 5.53. The van der Waals surface area contributed by atoms with Gasteiger partial charge in [-0.15, -0.1) is 0 Å². The quantitative estimate of drug-likeness (QED) is 0.888. The SMILES string of the molecule is O=C1NC(Cc2ccc3c(c2)C=CC(CC2=CCCC=C2)O3)C(=O)S1. The number of hydrogen-bond acceptors (Lipinski definition) is 4. The molecule has 1 aromatic rings. The number of nitrogens with one attached hydrogen (secondary N) is 1. The maximum atomic E-state index is 11.7. The van der Waals surface area contributed by atoms with Gasteiger partial charge in [-0.25, -0.2) is 0 Å². The molecule has 1 N–H and O–H groups in total. The Kier molecular flexibility index (Phi) is 4.49. The number of carbonyl (C=O) groups excluding carboxylic acids is 2. The number of benzene rings is 1. The summed E-state index contributed by atoms with van der Waals surface area (Å²) in [5.74, 6) is 0.868. The van der Waals surface area contributed by atoms with Gasteiger partial charge >= 0.3 is 0 Å². The van der Waals surface area contributed by atoms with Crippen molar-refractivity contribution in [3.8, 4) is 5.75 Å². The van der Waals surface area contributed by atoms with Gasteiger partial charge in [-0.1, -0.05) is 30.4 Å². The van der Waals surface area contributed by atoms with Crippen LogP contribution in [0.5, 0.6) is 5.75 Å². The molecule has 2 unspecified atom stereocenters. The van der Waals surface area contributed by atoms with E-state index in [1.54, 1.807) is 0 Å². The van der Waals surface area contributed by atoms with Gasteiger partial charge in [0.2, 0.25) is 5.12 Å². The van der Waals surface area contributed by atoms with Crippen LogP contribution in [0.4, 0.5) is 4.79 Å². The van der Waals surface area contributed by atoms with E-state index in [1.165, 1.54) is 5.57 Å². The molecule has 0 radical (unpaired) electrons. The highest BCUT2D eigenvalue weighted by Crippen LogP contribution is 2.30. The molecule has 0 saturated carbocycles. The zero-order chi connectivity index (χ0) is 17.2. The Labute approximate surface area is 151 Å². The van der Waals surface area contributed by atoms with Crippen LogP contribution in [0.25, 0.3) is 6.08 Å². The van der Waals surface area contributed by atoms with E-state index < -0.39 is 6.04 Å². The third-order valence-electron chi connectivity index (χ3n) is 4.56. The summed E-state index contributed by atoms with van der Waals surface area (Å²) in [6.45, 7) is 0. The summed E-state index contributed by atoms with van der Waals surface area (Å²) in [5.41, 5.74) is 3.37. The van der Waals surface area contributed by atoms with Crippen molar-refractivity contribution in [2.75, 3.05) is 0 Å². The Morgan fingerprint density at radius 1 is 1.16 bits per heavy atom. The highest BCUT2D eigenvalue weighted by molar-refractivity contribution is 8.26. The molecule has 1 aromatic carbocycles. The first-order chi connectivity index (χ1) is 12.2. The second-order valence-electron chi connectivity index (χ2n) is 6.46. The third-order valence-corrected chi connectivity index (χ3v) is 5.35. The number of thioether (sulfide) groups is 1. The van der Waals surface area contributed by atoms with Gasteiger partial charge in [0.15, 0.2) is 0 Å². The number of rotatable bonds is 4. The van der Waals surface area contributed by atoms with E-state index in [4.69, 9.17) is 4.74 Å². The van der Waals surface area contributed by atoms with Gasteiger partial charge < -0.3 is 10.1 Å². The van der Waals surface area contributed by atoms with Gasteiger partial charge in [-0.3, -0.25) is 9.59 Å². The minimum atomic E-state index is -0.429. The molecule has 4 nitrogen and oxygen atoms in total. The van der Waals surface area contributed by atoms with Gasteiger partial charge in [0.05, 0.1) is 0 Å². The van der Waals surface area contributed by atoms with Crippen molar-refractivity contribution in [1.82, 2.24) is 5.32 Å². The Balaban J connectivity index is 1.43. The maximum Gasteiger partial charge on any atom is 0.287 e. The number of carbonyl (C=O) groups is 2. The summed E-state index contributed by atoms with van der Waals surface area (Å²) in [6.07, 6.45) is 14.5. The van der Waals surface area contributed by atoms with Gasteiger partial charge in [0.25, 0.3) is 5.24 Å². The largest absolute Gasteiger partial charge is 0.485 e. The van der Waals surface area contributed by atoms with E-state index in [0.29, 0.717) is 6.42 Å². The number of fused-ring (bicyclic) bond motifs is 1. The van der Waals surface area contributed by atoms with Crippen molar-refractivity contribution >= 4 is 28.2 Å². The van der Waals surface area contributed by atoms with Crippen molar-refractivity contribution < 1.29 is 14.3 Å².